The van der Waals surface area contributed by atoms with E-state index in [0.717, 1.165) is 11.1 Å². The first-order chi connectivity index (χ1) is 12.7. The molecular weight excluding hydrogens is 326 g/mol. The fourth-order valence-corrected chi connectivity index (χ4v) is 3.62. The first-order valence-corrected chi connectivity index (χ1v) is 8.64. The second-order valence-corrected chi connectivity index (χ2v) is 6.28. The predicted octanol–water partition coefficient (Wildman–Crippen LogP) is 2.54. The Bertz CT molecular complexity index is 842. The summed E-state index contributed by atoms with van der Waals surface area (Å²) < 4.78 is 0. The molecule has 0 aliphatic carbocycles. The summed E-state index contributed by atoms with van der Waals surface area (Å²) in [5.41, 5.74) is 2.65. The zero-order chi connectivity index (χ0) is 18.5. The summed E-state index contributed by atoms with van der Waals surface area (Å²) in [4.78, 5) is 18.4. The van der Waals surface area contributed by atoms with Gasteiger partial charge in [0.25, 0.3) is 0 Å². The molecule has 1 aliphatic heterocycles. The molecule has 0 radical (unpaired) electrons. The number of likely N-dealkylation sites (tertiary alicyclic amines) is 1. The lowest BCUT2D eigenvalue weighted by atomic mass is 9.74. The third-order valence-corrected chi connectivity index (χ3v) is 4.78. The Kier molecular flexibility index (Phi) is 5.45. The number of carbonyl (C=O) groups is 1. The zero-order valence-corrected chi connectivity index (χ0v) is 14.6. The lowest BCUT2D eigenvalue weighted by Gasteiger charge is -2.52. The van der Waals surface area contributed by atoms with E-state index >= 15 is 0 Å². The number of carbonyl (C=O) groups excluding carboxylic acids is 1. The molecular formula is C21H21N3O2. The smallest absolute Gasteiger partial charge is 0.230 e. The van der Waals surface area contributed by atoms with Crippen LogP contribution in [0.4, 0.5) is 0 Å². The van der Waals surface area contributed by atoms with E-state index < -0.39 is 12.1 Å². The molecule has 5 nitrogen and oxygen atoms in total. The van der Waals surface area contributed by atoms with Crippen LogP contribution in [0.1, 0.15) is 29.7 Å². The minimum Gasteiger partial charge on any atom is -0.394 e. The molecule has 2 aromatic rings. The average Bonchev–Trinajstić information content (AvgIpc) is 2.64. The SMILES string of the molecule is C/C=C/c1ccccc1[C@@H]1[C@H](C#N)N(C(=O)Cc2ccccn2)[C@H]1CO. The molecule has 2 heterocycles. The van der Waals surface area contributed by atoms with Crippen molar-refractivity contribution in [3.63, 3.8) is 0 Å². The highest BCUT2D eigenvalue weighted by atomic mass is 16.3. The van der Waals surface area contributed by atoms with E-state index in [2.05, 4.69) is 11.1 Å². The van der Waals surface area contributed by atoms with Crippen molar-refractivity contribution >= 4 is 12.0 Å². The van der Waals surface area contributed by atoms with Crippen molar-refractivity contribution in [1.29, 1.82) is 5.26 Å². The summed E-state index contributed by atoms with van der Waals surface area (Å²) in [7, 11) is 0. The fraction of sp³-hybridized carbons (Fsp3) is 0.286. The number of hydrogen-bond acceptors (Lipinski definition) is 4. The molecule has 0 spiro atoms. The lowest BCUT2D eigenvalue weighted by Crippen LogP contribution is -2.65. The molecule has 1 N–H and O–H groups in total. The number of allylic oxidation sites excluding steroid dienone is 1. The Morgan fingerprint density at radius 3 is 2.73 bits per heavy atom. The largest absolute Gasteiger partial charge is 0.394 e. The number of nitrogens with zero attached hydrogens (tertiary/aromatic N) is 3. The molecule has 3 rings (SSSR count). The first kappa shape index (κ1) is 17.8. The van der Waals surface area contributed by atoms with Crippen LogP contribution in [0.15, 0.2) is 54.7 Å². The van der Waals surface area contributed by atoms with Crippen LogP contribution in [0.3, 0.4) is 0 Å². The summed E-state index contributed by atoms with van der Waals surface area (Å²) >= 11 is 0. The molecule has 1 aromatic carbocycles. The molecule has 1 fully saturated rings. The Balaban J connectivity index is 1.87. The van der Waals surface area contributed by atoms with Gasteiger partial charge in [-0.15, -0.1) is 0 Å². The number of rotatable bonds is 5. The summed E-state index contributed by atoms with van der Waals surface area (Å²) in [6.07, 6.45) is 5.69. The summed E-state index contributed by atoms with van der Waals surface area (Å²) in [6.45, 7) is 1.76. The van der Waals surface area contributed by atoms with Crippen LogP contribution in [-0.2, 0) is 11.2 Å². The lowest BCUT2D eigenvalue weighted by molar-refractivity contribution is -0.146. The van der Waals surface area contributed by atoms with E-state index in [4.69, 9.17) is 0 Å². The minimum atomic E-state index is -0.588. The average molecular weight is 347 g/mol. The van der Waals surface area contributed by atoms with Gasteiger partial charge in [0.2, 0.25) is 5.91 Å². The summed E-state index contributed by atoms with van der Waals surface area (Å²) in [5.74, 6) is -0.390. The van der Waals surface area contributed by atoms with Gasteiger partial charge >= 0.3 is 0 Å². The van der Waals surface area contributed by atoms with Gasteiger partial charge in [0, 0.05) is 17.8 Å². The Hall–Kier alpha value is -2.97. The van der Waals surface area contributed by atoms with Gasteiger partial charge in [0.05, 0.1) is 25.1 Å². The van der Waals surface area contributed by atoms with Crippen LogP contribution in [0.25, 0.3) is 6.08 Å². The topological polar surface area (TPSA) is 77.2 Å². The van der Waals surface area contributed by atoms with E-state index in [0.29, 0.717) is 5.69 Å². The molecule has 132 valence electrons. The van der Waals surface area contributed by atoms with E-state index in [9.17, 15) is 15.2 Å². The van der Waals surface area contributed by atoms with Crippen LogP contribution in [0.2, 0.25) is 0 Å². The van der Waals surface area contributed by atoms with Gasteiger partial charge < -0.3 is 10.0 Å². The van der Waals surface area contributed by atoms with Crippen LogP contribution in [-0.4, -0.2) is 39.6 Å². The monoisotopic (exact) mass is 347 g/mol. The van der Waals surface area contributed by atoms with Gasteiger partial charge in [0.1, 0.15) is 6.04 Å². The quantitative estimate of drug-likeness (QED) is 0.902. The van der Waals surface area contributed by atoms with Crippen molar-refractivity contribution in [2.75, 3.05) is 6.61 Å². The van der Waals surface area contributed by atoms with E-state index in [-0.39, 0.29) is 24.9 Å². The maximum absolute atomic E-state index is 12.7. The highest BCUT2D eigenvalue weighted by Crippen LogP contribution is 2.42. The highest BCUT2D eigenvalue weighted by molar-refractivity contribution is 5.81. The molecule has 1 amide bonds. The standard InChI is InChI=1S/C21H21N3O2/c1-2-7-15-8-3-4-10-17(15)21-18(13-22)24(19(21)14-25)20(26)12-16-9-5-6-11-23-16/h2-11,18-19,21,25H,12,14H2,1H3/b7-2+/t18-,19-,21+/m0/s1. The van der Waals surface area contributed by atoms with Gasteiger partial charge in [-0.1, -0.05) is 42.5 Å². The number of aliphatic hydroxyl groups excluding tert-OH is 1. The summed E-state index contributed by atoms with van der Waals surface area (Å²) in [5, 5.41) is 19.6. The molecule has 26 heavy (non-hydrogen) atoms. The summed E-state index contributed by atoms with van der Waals surface area (Å²) in [6, 6.07) is 14.5. The number of nitriles is 1. The van der Waals surface area contributed by atoms with Crippen LogP contribution >= 0.6 is 0 Å². The van der Waals surface area contributed by atoms with Gasteiger partial charge in [-0.3, -0.25) is 9.78 Å². The van der Waals surface area contributed by atoms with Crippen molar-refractivity contribution in [3.8, 4) is 6.07 Å². The van der Waals surface area contributed by atoms with Crippen molar-refractivity contribution in [2.45, 2.75) is 31.3 Å². The normalized spacial score (nSPS) is 22.0. The van der Waals surface area contributed by atoms with Crippen LogP contribution in [0, 0.1) is 11.3 Å². The maximum atomic E-state index is 12.7. The number of amides is 1. The maximum Gasteiger partial charge on any atom is 0.230 e. The predicted molar refractivity (Wildman–Crippen MR) is 99.0 cm³/mol. The molecule has 5 heteroatoms. The van der Waals surface area contributed by atoms with E-state index in [1.807, 2.05) is 49.4 Å². The van der Waals surface area contributed by atoms with Crippen molar-refractivity contribution in [1.82, 2.24) is 9.88 Å². The van der Waals surface area contributed by atoms with E-state index in [1.165, 1.54) is 4.90 Å². The molecule has 0 bridgehead atoms. The third kappa shape index (κ3) is 3.24. The molecule has 0 saturated carbocycles. The molecule has 1 saturated heterocycles. The van der Waals surface area contributed by atoms with Crippen molar-refractivity contribution in [3.05, 3.63) is 71.6 Å². The second-order valence-electron chi connectivity index (χ2n) is 6.28. The number of pyridine rings is 1. The number of aliphatic hydroxyl groups is 1. The van der Waals surface area contributed by atoms with Crippen molar-refractivity contribution < 1.29 is 9.90 Å². The zero-order valence-electron chi connectivity index (χ0n) is 14.6. The van der Waals surface area contributed by atoms with Gasteiger partial charge in [-0.25, -0.2) is 0 Å². The van der Waals surface area contributed by atoms with Gasteiger partial charge in [-0.05, 0) is 30.2 Å². The molecule has 3 atom stereocenters. The number of aromatic nitrogens is 1. The Morgan fingerprint density at radius 2 is 2.08 bits per heavy atom. The minimum absolute atomic E-state index is 0.124. The Labute approximate surface area is 153 Å². The second kappa shape index (κ2) is 7.94. The molecule has 1 aromatic heterocycles. The number of benzene rings is 1. The van der Waals surface area contributed by atoms with Gasteiger partial charge in [0.15, 0.2) is 0 Å². The number of hydrogen-bond donors (Lipinski definition) is 1. The van der Waals surface area contributed by atoms with E-state index in [1.54, 1.807) is 18.3 Å². The fourth-order valence-electron chi connectivity index (χ4n) is 3.62. The van der Waals surface area contributed by atoms with Crippen molar-refractivity contribution in [2.24, 2.45) is 0 Å². The molecule has 0 unspecified atom stereocenters. The Morgan fingerprint density at radius 1 is 1.31 bits per heavy atom. The van der Waals surface area contributed by atoms with Gasteiger partial charge in [-0.2, -0.15) is 5.26 Å². The first-order valence-electron chi connectivity index (χ1n) is 8.64. The third-order valence-electron chi connectivity index (χ3n) is 4.78. The highest BCUT2D eigenvalue weighted by Gasteiger charge is 2.51. The molecule has 1 aliphatic rings. The van der Waals surface area contributed by atoms with Crippen LogP contribution in [0.5, 0.6) is 0 Å². The van der Waals surface area contributed by atoms with Crippen LogP contribution < -0.4 is 0 Å².